The van der Waals surface area contributed by atoms with Gasteiger partial charge in [0.2, 0.25) is 0 Å². The molecule has 2 aromatic rings. The van der Waals surface area contributed by atoms with E-state index in [9.17, 15) is 14.0 Å². The summed E-state index contributed by atoms with van der Waals surface area (Å²) in [6.07, 6.45) is 7.77. The Kier molecular flexibility index (Phi) is 8.14. The van der Waals surface area contributed by atoms with Gasteiger partial charge in [-0.05, 0) is 30.9 Å². The third-order valence-electron chi connectivity index (χ3n) is 5.90. The quantitative estimate of drug-likeness (QED) is 0.446. The van der Waals surface area contributed by atoms with Crippen molar-refractivity contribution in [3.8, 4) is 0 Å². The molecule has 9 heteroatoms. The zero-order valence-electron chi connectivity index (χ0n) is 17.6. The summed E-state index contributed by atoms with van der Waals surface area (Å²) in [4.78, 5) is 26.0. The van der Waals surface area contributed by atoms with Crippen LogP contribution in [0.25, 0.3) is 0 Å². The van der Waals surface area contributed by atoms with Crippen LogP contribution in [0, 0.1) is 11.7 Å². The van der Waals surface area contributed by atoms with Crippen LogP contribution in [-0.4, -0.2) is 49.9 Å². The molecule has 0 bridgehead atoms. The van der Waals surface area contributed by atoms with E-state index in [0.29, 0.717) is 30.8 Å². The van der Waals surface area contributed by atoms with Crippen molar-refractivity contribution in [3.05, 3.63) is 65.3 Å². The Morgan fingerprint density at radius 2 is 2.03 bits per heavy atom. The van der Waals surface area contributed by atoms with E-state index in [2.05, 4.69) is 10.00 Å². The number of piperidine rings is 1. The molecule has 1 aromatic carbocycles. The van der Waals surface area contributed by atoms with E-state index in [1.807, 2.05) is 6.08 Å². The van der Waals surface area contributed by atoms with E-state index in [1.54, 1.807) is 35.3 Å². The second kappa shape index (κ2) is 10.6. The fraction of sp³-hybridized carbons (Fsp3) is 0.435. The van der Waals surface area contributed by atoms with Crippen LogP contribution in [0.5, 0.6) is 0 Å². The number of carboxylic acid groups (broad SMARTS) is 1. The van der Waals surface area contributed by atoms with Crippen LogP contribution in [0.15, 0.2) is 48.3 Å². The molecule has 2 aliphatic rings. The van der Waals surface area contributed by atoms with Crippen molar-refractivity contribution in [2.45, 2.75) is 43.5 Å². The zero-order chi connectivity index (χ0) is 22.0. The predicted octanol–water partition coefficient (Wildman–Crippen LogP) is 3.72. The summed E-state index contributed by atoms with van der Waals surface area (Å²) in [5, 5.41) is 13.2. The van der Waals surface area contributed by atoms with Gasteiger partial charge in [-0.3, -0.25) is 19.2 Å². The van der Waals surface area contributed by atoms with Crippen molar-refractivity contribution in [2.24, 2.45) is 5.92 Å². The summed E-state index contributed by atoms with van der Waals surface area (Å²) in [5.74, 6) is -1.10. The second-order valence-electron chi connectivity index (χ2n) is 8.30. The molecule has 2 heterocycles. The Hall–Kier alpha value is -2.16. The third kappa shape index (κ3) is 5.79. The van der Waals surface area contributed by atoms with Gasteiger partial charge in [0.25, 0.3) is 0 Å². The monoisotopic (exact) mass is 479 g/mol. The van der Waals surface area contributed by atoms with Gasteiger partial charge in [-0.15, -0.1) is 12.4 Å². The van der Waals surface area contributed by atoms with Gasteiger partial charge in [0.1, 0.15) is 5.82 Å². The molecule has 0 amide bonds. The molecule has 2 unspecified atom stereocenters. The maximum atomic E-state index is 14.6. The maximum Gasteiger partial charge on any atom is 0.307 e. The van der Waals surface area contributed by atoms with Gasteiger partial charge in [0.15, 0.2) is 5.78 Å². The van der Waals surface area contributed by atoms with E-state index < -0.39 is 12.0 Å². The normalized spacial score (nSPS) is 21.2. The number of hydrogen-bond donors (Lipinski definition) is 2. The number of carbonyl (C=O) groups excluding carboxylic acids is 1. The highest BCUT2D eigenvalue weighted by molar-refractivity contribution is 7.81. The molecule has 6 nitrogen and oxygen atoms in total. The molecule has 1 aliphatic carbocycles. The first-order valence-electron chi connectivity index (χ1n) is 10.5. The minimum Gasteiger partial charge on any atom is -0.481 e. The molecule has 172 valence electrons. The van der Waals surface area contributed by atoms with Crippen molar-refractivity contribution in [1.82, 2.24) is 14.7 Å². The molecule has 32 heavy (non-hydrogen) atoms. The SMILES string of the molecule is Cl.O=C(O)Cc1cnn(C/C=C2/CN(C(C(=O)C3CC3)c3ccccc3F)CCC2S)c1. The lowest BCUT2D eigenvalue weighted by Crippen LogP contribution is -2.42. The number of thiol groups is 1. The zero-order valence-corrected chi connectivity index (χ0v) is 19.3. The number of rotatable bonds is 8. The molecule has 2 fully saturated rings. The molecule has 1 aromatic heterocycles. The van der Waals surface area contributed by atoms with E-state index in [4.69, 9.17) is 17.7 Å². The maximum absolute atomic E-state index is 14.6. The second-order valence-corrected chi connectivity index (χ2v) is 8.92. The lowest BCUT2D eigenvalue weighted by molar-refractivity contribution is -0.136. The highest BCUT2D eigenvalue weighted by atomic mass is 35.5. The largest absolute Gasteiger partial charge is 0.481 e. The minimum absolute atomic E-state index is 0. The van der Waals surface area contributed by atoms with Crippen LogP contribution >= 0.6 is 25.0 Å². The first kappa shape index (κ1) is 24.5. The van der Waals surface area contributed by atoms with Crippen molar-refractivity contribution in [2.75, 3.05) is 13.1 Å². The molecule has 1 saturated heterocycles. The molecule has 4 rings (SSSR count). The van der Waals surface area contributed by atoms with Gasteiger partial charge in [0, 0.05) is 41.6 Å². The molecular formula is C23H27ClFN3O3S. The predicted molar refractivity (Wildman–Crippen MR) is 125 cm³/mol. The number of likely N-dealkylation sites (tertiary alicyclic amines) is 1. The summed E-state index contributed by atoms with van der Waals surface area (Å²) in [5.41, 5.74) is 2.16. The number of halogens is 2. The van der Waals surface area contributed by atoms with E-state index in [1.165, 1.54) is 6.07 Å². The van der Waals surface area contributed by atoms with Crippen LogP contribution in [0.1, 0.15) is 36.4 Å². The van der Waals surface area contributed by atoms with E-state index >= 15 is 0 Å². The number of benzene rings is 1. The Bertz CT molecular complexity index is 1010. The van der Waals surface area contributed by atoms with E-state index in [0.717, 1.165) is 24.8 Å². The van der Waals surface area contributed by atoms with Crippen LogP contribution < -0.4 is 0 Å². The number of aliphatic carboxylic acids is 1. The number of aromatic nitrogens is 2. The Labute approximate surface area is 198 Å². The molecule has 1 N–H and O–H groups in total. The lowest BCUT2D eigenvalue weighted by Gasteiger charge is -2.37. The Morgan fingerprint density at radius 3 is 2.72 bits per heavy atom. The highest BCUT2D eigenvalue weighted by Gasteiger charge is 2.40. The number of carbonyl (C=O) groups is 2. The fourth-order valence-electron chi connectivity index (χ4n) is 4.11. The number of hydrogen-bond acceptors (Lipinski definition) is 5. The van der Waals surface area contributed by atoms with Crippen LogP contribution in [0.4, 0.5) is 4.39 Å². The van der Waals surface area contributed by atoms with Crippen molar-refractivity contribution < 1.29 is 19.1 Å². The number of carboxylic acids is 1. The van der Waals surface area contributed by atoms with Crippen molar-refractivity contribution >= 4 is 36.8 Å². The number of allylic oxidation sites excluding steroid dienone is 1. The fourth-order valence-corrected chi connectivity index (χ4v) is 4.42. The van der Waals surface area contributed by atoms with Gasteiger partial charge in [-0.25, -0.2) is 4.39 Å². The number of ketones is 1. The van der Waals surface area contributed by atoms with Crippen LogP contribution in [-0.2, 0) is 22.6 Å². The van der Waals surface area contributed by atoms with E-state index in [-0.39, 0.29) is 41.6 Å². The van der Waals surface area contributed by atoms with Crippen molar-refractivity contribution in [3.63, 3.8) is 0 Å². The summed E-state index contributed by atoms with van der Waals surface area (Å²) in [6, 6.07) is 5.97. The summed E-state index contributed by atoms with van der Waals surface area (Å²) in [7, 11) is 0. The summed E-state index contributed by atoms with van der Waals surface area (Å²) >= 11 is 4.71. The van der Waals surface area contributed by atoms with Crippen LogP contribution in [0.2, 0.25) is 0 Å². The molecule has 0 spiro atoms. The lowest BCUT2D eigenvalue weighted by atomic mass is 9.93. The van der Waals surface area contributed by atoms with Crippen LogP contribution in [0.3, 0.4) is 0 Å². The Balaban J connectivity index is 0.00000289. The molecule has 0 radical (unpaired) electrons. The minimum atomic E-state index is -0.893. The molecular weight excluding hydrogens is 453 g/mol. The number of Topliss-reactive ketones (excluding diaryl/α,β-unsaturated/α-hetero) is 1. The average molecular weight is 480 g/mol. The van der Waals surface area contributed by atoms with Crippen molar-refractivity contribution in [1.29, 1.82) is 0 Å². The molecule has 1 saturated carbocycles. The van der Waals surface area contributed by atoms with Gasteiger partial charge >= 0.3 is 5.97 Å². The summed E-state index contributed by atoms with van der Waals surface area (Å²) in [6.45, 7) is 1.70. The molecule has 2 atom stereocenters. The third-order valence-corrected chi connectivity index (χ3v) is 6.49. The first-order valence-corrected chi connectivity index (χ1v) is 11.1. The Morgan fingerprint density at radius 1 is 1.28 bits per heavy atom. The first-order chi connectivity index (χ1) is 14.9. The number of nitrogens with zero attached hydrogens (tertiary/aromatic N) is 3. The topological polar surface area (TPSA) is 75.4 Å². The molecule has 1 aliphatic heterocycles. The smallest absolute Gasteiger partial charge is 0.307 e. The standard InChI is InChI=1S/C23H26FN3O3S.ClH/c24-19-4-2-1-3-18(19)22(23(30)16-5-6-16)26-9-8-20(31)17(14-26)7-10-27-13-15(12-25-27)11-21(28)29;/h1-4,7,12-13,16,20,22,31H,5-6,8-11,14H2,(H,28,29);1H/b17-7-;. The summed E-state index contributed by atoms with van der Waals surface area (Å²) < 4.78 is 16.3. The van der Waals surface area contributed by atoms with Gasteiger partial charge in [-0.2, -0.15) is 17.7 Å². The highest BCUT2D eigenvalue weighted by Crippen LogP contribution is 2.39. The van der Waals surface area contributed by atoms with Gasteiger partial charge < -0.3 is 5.11 Å². The van der Waals surface area contributed by atoms with Gasteiger partial charge in [-0.1, -0.05) is 24.3 Å². The average Bonchev–Trinajstić information content (AvgIpc) is 3.50. The van der Waals surface area contributed by atoms with Gasteiger partial charge in [0.05, 0.1) is 25.2 Å².